The second kappa shape index (κ2) is 58.2. The van der Waals surface area contributed by atoms with Gasteiger partial charge in [0, 0.05) is 61.2 Å². The zero-order valence-electron chi connectivity index (χ0n) is 61.2. The summed E-state index contributed by atoms with van der Waals surface area (Å²) in [7, 11) is 0. The Kier molecular flexibility index (Phi) is 58.7. The molecule has 0 aliphatic carbocycles. The van der Waals surface area contributed by atoms with Gasteiger partial charge in [0.2, 0.25) is 59.1 Å². The summed E-state index contributed by atoms with van der Waals surface area (Å²) < 4.78 is 66.0. The van der Waals surface area contributed by atoms with Crippen LogP contribution in [0, 0.1) is 80.2 Å². The molecular weight excluding hydrogens is 2270 g/mol. The summed E-state index contributed by atoms with van der Waals surface area (Å²) in [6.45, 7) is 24.6. The smallest absolute Gasteiger partial charge is 0.684 e. The van der Waals surface area contributed by atoms with E-state index in [4.69, 9.17) is 0 Å². The van der Waals surface area contributed by atoms with Gasteiger partial charge in [-0.2, -0.15) is 0 Å². The van der Waals surface area contributed by atoms with Crippen LogP contribution in [0.5, 0.6) is 0 Å². The summed E-state index contributed by atoms with van der Waals surface area (Å²) in [5.74, 6) is -11.8. The van der Waals surface area contributed by atoms with Crippen molar-refractivity contribution in [2.45, 2.75) is 184 Å². The molecular formula is C73H81F5N10O15W5. The Hall–Kier alpha value is -7.76. The van der Waals surface area contributed by atoms with Gasteiger partial charge in [-0.05, 0) is 91.8 Å². The summed E-state index contributed by atoms with van der Waals surface area (Å²) >= 11 is 0. The van der Waals surface area contributed by atoms with Gasteiger partial charge in [0.15, 0.2) is 0 Å². The van der Waals surface area contributed by atoms with Gasteiger partial charge in [-0.15, -0.1) is 125 Å². The van der Waals surface area contributed by atoms with Crippen molar-refractivity contribution in [1.29, 1.82) is 0 Å². The van der Waals surface area contributed by atoms with E-state index in [1.165, 1.54) is 61.5 Å². The Labute approximate surface area is 696 Å². The maximum absolute atomic E-state index is 13.7. The quantitative estimate of drug-likeness (QED) is 0.0493. The third-order valence-corrected chi connectivity index (χ3v) is 13.4. The molecule has 5 aromatic rings. The number of aryl methyl sites for hydroxylation is 3. The van der Waals surface area contributed by atoms with Crippen molar-refractivity contribution in [3.8, 4) is 0 Å². The molecule has 108 heavy (non-hydrogen) atoms. The molecule has 578 valence electrons. The number of nitrogens with zero attached hydrogens (tertiary/aromatic N) is 5. The van der Waals surface area contributed by atoms with Crippen LogP contribution < -0.4 is 26.6 Å². The number of amides is 15. The normalized spacial score (nSPS) is 16.7. The van der Waals surface area contributed by atoms with Crippen molar-refractivity contribution in [3.63, 3.8) is 0 Å². The molecule has 0 spiro atoms. The number of carbonyl (C=O) groups is 15. The van der Waals surface area contributed by atoms with Crippen LogP contribution in [0.3, 0.4) is 0 Å². The van der Waals surface area contributed by atoms with Gasteiger partial charge in [0.1, 0.15) is 0 Å². The molecule has 5 N–H and O–H groups in total. The fraction of sp³-hybridized carbons (Fsp3) is 0.384. The van der Waals surface area contributed by atoms with Gasteiger partial charge in [0.25, 0.3) is 0 Å². The van der Waals surface area contributed by atoms with E-state index in [9.17, 15) is 93.9 Å². The zero-order valence-corrected chi connectivity index (χ0v) is 75.8. The number of benzene rings is 5. The summed E-state index contributed by atoms with van der Waals surface area (Å²) in [6.07, 6.45) is 1.57. The Morgan fingerprint density at radius 3 is 0.944 bits per heavy atom. The standard InChI is InChI=1S/3C13H12FN2O3.2C12H10FN2O3.5C2H6.5W/c2*1-7-2-3-8(6-9(7)14)12(18)15-10-4-5-11(17)16-13(10)19;1-7-3-2-4-8(11(7)14)12(18)15-9-5-6-10(17)16-13(9)19;2*13-8-3-1-2-7(6-8)11(17)14-9-4-5-10(16)15-12(9)18;5*1-2;;;;;/h2,6,10H,4-5H2,1H3,(H2,15,16,17,18,19);2-3,10H,4-5H2,1H3,(H2,15,16,17,18,19);2-3,9H,5-6H2,1H3,(H2,15,16,17,18,19);2*1-3,9H,4-5H2,(H2,14,15,16,17,18);5*1-2H3;;;;;/q5*-1;;;;;;5*+2/p-5/t;;;2*9-;;;;;;;;;;/m...10........../s1. The molecule has 5 fully saturated rings. The van der Waals surface area contributed by atoms with Crippen LogP contribution in [-0.4, -0.2) is 119 Å². The number of hydrogen-bond acceptors (Lipinski definition) is 15. The summed E-state index contributed by atoms with van der Waals surface area (Å²) in [4.78, 5) is 170. The summed E-state index contributed by atoms with van der Waals surface area (Å²) in [5.41, 5.74) is 0.611. The average molecular weight is 2350 g/mol. The number of hydrogen-bond donors (Lipinski definition) is 5. The Bertz CT molecular complexity index is 3670. The van der Waals surface area contributed by atoms with Crippen molar-refractivity contribution < 1.29 is 199 Å². The fourth-order valence-corrected chi connectivity index (χ4v) is 8.27. The monoisotopic (exact) mass is 2350 g/mol. The molecule has 15 amide bonds. The minimum absolute atomic E-state index is 0. The Morgan fingerprint density at radius 2 is 0.657 bits per heavy atom. The van der Waals surface area contributed by atoms with Crippen LogP contribution in [0.15, 0.2) is 72.8 Å². The molecule has 10 rings (SSSR count). The number of nitrogens with one attached hydrogen (secondary N) is 5. The second-order valence-electron chi connectivity index (χ2n) is 20.4. The molecule has 25 nitrogen and oxygen atoms in total. The molecule has 0 saturated carbocycles. The van der Waals surface area contributed by atoms with Crippen LogP contribution in [0.25, 0.3) is 26.6 Å². The van der Waals surface area contributed by atoms with Crippen molar-refractivity contribution in [2.24, 2.45) is 0 Å². The second-order valence-corrected chi connectivity index (χ2v) is 20.4. The van der Waals surface area contributed by atoms with Crippen molar-refractivity contribution in [2.75, 3.05) is 0 Å². The minimum Gasteiger partial charge on any atom is -0.684 e. The van der Waals surface area contributed by atoms with Crippen LogP contribution in [0.1, 0.15) is 202 Å². The van der Waals surface area contributed by atoms with E-state index in [1.54, 1.807) is 13.8 Å². The number of rotatable bonds is 10. The number of halogens is 5. The third-order valence-electron chi connectivity index (χ3n) is 13.4. The van der Waals surface area contributed by atoms with E-state index in [-0.39, 0.29) is 221 Å². The number of piperidine rings is 5. The minimum atomic E-state index is -0.946. The molecule has 5 saturated heterocycles. The first-order valence-electron chi connectivity index (χ1n) is 32.9. The van der Waals surface area contributed by atoms with Gasteiger partial charge in [0.05, 0.1) is 0 Å². The van der Waals surface area contributed by atoms with E-state index in [0.717, 1.165) is 18.2 Å². The molecule has 5 atom stereocenters. The van der Waals surface area contributed by atoms with Crippen LogP contribution >= 0.6 is 0 Å². The van der Waals surface area contributed by atoms with Gasteiger partial charge in [-0.1, -0.05) is 112 Å². The van der Waals surface area contributed by atoms with E-state index in [2.05, 4.69) is 83.5 Å². The predicted molar refractivity (Wildman–Crippen MR) is 366 cm³/mol. The van der Waals surface area contributed by atoms with E-state index < -0.39 is 124 Å². The molecule has 0 radical (unpaired) electrons. The maximum atomic E-state index is 13.7. The van der Waals surface area contributed by atoms with E-state index in [1.807, 2.05) is 69.2 Å². The molecule has 0 aromatic heterocycles. The van der Waals surface area contributed by atoms with Crippen LogP contribution in [0.4, 0.5) is 22.0 Å². The molecule has 0 bridgehead atoms. The first kappa shape index (κ1) is 109. The van der Waals surface area contributed by atoms with Gasteiger partial charge < -0.3 is 50.6 Å². The molecule has 5 aromatic carbocycles. The summed E-state index contributed by atoms with van der Waals surface area (Å²) in [6, 6.07) is 23.1. The SMILES string of the molecule is CC.CC.CC.CC.CC.Cc1c[c-]c(C(=O)[N-]C2CCC(=O)NC2=O)cc1F.Cc1cc[c-]c(C(=O)[N-]C2CCC(=O)NC2=O)c1F.Cc1ccc(C(=O)[N-]C2CCC(=O)NC2=O)[c-]c1F.O=C1CC[C@@H]([N-]C(=O)c2[c-]c(F)ccc2)C(=O)N1.O=C1CC[C@H]([N-]C(=O)c2[c-]c(F)ccc2)C(=O)N1.[W+2].[W+2].[W+2].[W+2].[W+2]. The Morgan fingerprint density at radius 1 is 0.361 bits per heavy atom. The van der Waals surface area contributed by atoms with Gasteiger partial charge >= 0.3 is 105 Å². The van der Waals surface area contributed by atoms with Crippen molar-refractivity contribution in [3.05, 3.63) is 203 Å². The number of carbonyl (C=O) groups excluding carboxylic acids is 15. The zero-order chi connectivity index (χ0) is 78.2. The first-order chi connectivity index (χ1) is 49.0. The molecule has 35 heteroatoms. The largest absolute Gasteiger partial charge is 2.00 e. The van der Waals surface area contributed by atoms with Gasteiger partial charge in [-0.3, -0.25) is 78.9 Å². The topological polar surface area (TPSA) is 387 Å². The maximum Gasteiger partial charge on any atom is 2.00 e. The average Bonchev–Trinajstić information content (AvgIpc) is 0.843. The van der Waals surface area contributed by atoms with Crippen LogP contribution in [-0.2, 0) is 153 Å². The molecule has 5 heterocycles. The third kappa shape index (κ3) is 37.6. The summed E-state index contributed by atoms with van der Waals surface area (Å²) in [5, 5.41) is 28.8. The van der Waals surface area contributed by atoms with Crippen molar-refractivity contribution in [1.82, 2.24) is 26.6 Å². The Balaban J connectivity index is -0.000000393. The van der Waals surface area contributed by atoms with Crippen LogP contribution in [0.2, 0.25) is 0 Å². The molecule has 3 unspecified atom stereocenters. The van der Waals surface area contributed by atoms with Gasteiger partial charge in [-0.25, -0.2) is 17.6 Å². The van der Waals surface area contributed by atoms with Crippen molar-refractivity contribution >= 4 is 88.6 Å². The molecule has 5 aliphatic heterocycles. The number of imide groups is 5. The fourth-order valence-electron chi connectivity index (χ4n) is 8.27. The van der Waals surface area contributed by atoms with E-state index >= 15 is 0 Å². The predicted octanol–water partition coefficient (Wildman–Crippen LogP) is 10.8. The first-order valence-corrected chi connectivity index (χ1v) is 32.9. The van der Waals surface area contributed by atoms with E-state index in [0.29, 0.717) is 16.7 Å². The molecule has 5 aliphatic rings.